The van der Waals surface area contributed by atoms with Gasteiger partial charge in [0, 0.05) is 15.8 Å². The molecule has 0 aliphatic heterocycles. The lowest BCUT2D eigenvalue weighted by atomic mass is 9.79. The molecular formula is C12H14Br2OS. The molecule has 1 atom stereocenters. The van der Waals surface area contributed by atoms with E-state index in [1.54, 1.807) is 0 Å². The molecule has 1 unspecified atom stereocenters. The lowest BCUT2D eigenvalue weighted by molar-refractivity contribution is 0.0843. The molecule has 88 valence electrons. The van der Waals surface area contributed by atoms with Gasteiger partial charge in [-0.3, -0.25) is 4.79 Å². The van der Waals surface area contributed by atoms with Gasteiger partial charge in [0.15, 0.2) is 5.78 Å². The van der Waals surface area contributed by atoms with Crippen LogP contribution in [0.3, 0.4) is 0 Å². The van der Waals surface area contributed by atoms with Crippen molar-refractivity contribution in [2.45, 2.75) is 33.1 Å². The number of rotatable bonds is 2. The molecule has 1 aliphatic rings. The summed E-state index contributed by atoms with van der Waals surface area (Å²) in [6.45, 7) is 4.41. The first kappa shape index (κ1) is 12.8. The van der Waals surface area contributed by atoms with E-state index in [2.05, 4.69) is 45.7 Å². The van der Waals surface area contributed by atoms with Crippen molar-refractivity contribution >= 4 is 49.0 Å². The van der Waals surface area contributed by atoms with Gasteiger partial charge < -0.3 is 0 Å². The minimum absolute atomic E-state index is 0.160. The first-order valence-electron chi connectivity index (χ1n) is 5.40. The Balaban J connectivity index is 2.29. The highest BCUT2D eigenvalue weighted by atomic mass is 79.9. The van der Waals surface area contributed by atoms with Crippen molar-refractivity contribution in [2.75, 3.05) is 0 Å². The van der Waals surface area contributed by atoms with E-state index in [0.29, 0.717) is 5.78 Å². The van der Waals surface area contributed by atoms with Crippen LogP contribution >= 0.6 is 43.2 Å². The lowest BCUT2D eigenvalue weighted by Crippen LogP contribution is -2.25. The van der Waals surface area contributed by atoms with Crippen LogP contribution in [0.2, 0.25) is 0 Å². The fourth-order valence-electron chi connectivity index (χ4n) is 2.46. The first-order valence-corrected chi connectivity index (χ1v) is 7.87. The van der Waals surface area contributed by atoms with Gasteiger partial charge in [-0.15, -0.1) is 11.3 Å². The second-order valence-electron chi connectivity index (χ2n) is 5.02. The van der Waals surface area contributed by atoms with Crippen LogP contribution in [0.1, 0.15) is 42.8 Å². The number of Topliss-reactive ketones (excluding diaryl/α,β-unsaturated/α-hetero) is 1. The molecule has 1 nitrogen and oxygen atoms in total. The van der Waals surface area contributed by atoms with E-state index in [1.807, 2.05) is 5.38 Å². The van der Waals surface area contributed by atoms with E-state index < -0.39 is 0 Å². The van der Waals surface area contributed by atoms with Gasteiger partial charge in [-0.2, -0.15) is 0 Å². The Labute approximate surface area is 117 Å². The zero-order valence-electron chi connectivity index (χ0n) is 9.35. The maximum Gasteiger partial charge on any atom is 0.177 e. The largest absolute Gasteiger partial charge is 0.293 e. The van der Waals surface area contributed by atoms with Crippen molar-refractivity contribution in [3.63, 3.8) is 0 Å². The summed E-state index contributed by atoms with van der Waals surface area (Å²) in [5.74, 6) is 0.499. The topological polar surface area (TPSA) is 17.1 Å². The fraction of sp³-hybridized carbons (Fsp3) is 0.583. The molecule has 1 aromatic rings. The number of ketones is 1. The molecule has 0 bridgehead atoms. The first-order chi connectivity index (χ1) is 7.43. The van der Waals surface area contributed by atoms with Crippen LogP contribution in [0.15, 0.2) is 14.3 Å². The molecule has 0 aromatic carbocycles. The molecule has 1 fully saturated rings. The van der Waals surface area contributed by atoms with Gasteiger partial charge in [0.1, 0.15) is 0 Å². The molecule has 0 spiro atoms. The summed E-state index contributed by atoms with van der Waals surface area (Å²) in [5.41, 5.74) is 0.160. The summed E-state index contributed by atoms with van der Waals surface area (Å²) in [4.78, 5) is 13.3. The number of hydrogen-bond donors (Lipinski definition) is 0. The molecule has 1 aliphatic carbocycles. The van der Waals surface area contributed by atoms with Crippen molar-refractivity contribution in [1.82, 2.24) is 0 Å². The van der Waals surface area contributed by atoms with E-state index in [4.69, 9.17) is 0 Å². The van der Waals surface area contributed by atoms with E-state index in [1.165, 1.54) is 17.8 Å². The number of thiophene rings is 1. The van der Waals surface area contributed by atoms with Gasteiger partial charge in [-0.1, -0.05) is 20.3 Å². The Bertz CT molecular complexity index is 423. The zero-order chi connectivity index (χ0) is 11.9. The summed E-state index contributed by atoms with van der Waals surface area (Å²) in [6.07, 6.45) is 3.37. The normalized spacial score (nSPS) is 23.6. The minimum Gasteiger partial charge on any atom is -0.293 e. The van der Waals surface area contributed by atoms with Gasteiger partial charge >= 0.3 is 0 Å². The summed E-state index contributed by atoms with van der Waals surface area (Å²) in [7, 11) is 0. The molecule has 1 aromatic heterocycles. The summed E-state index contributed by atoms with van der Waals surface area (Å²) in [6, 6.07) is 0. The average Bonchev–Trinajstić information content (AvgIpc) is 2.71. The van der Waals surface area contributed by atoms with Crippen molar-refractivity contribution in [3.8, 4) is 0 Å². The zero-order valence-corrected chi connectivity index (χ0v) is 13.3. The van der Waals surface area contributed by atoms with Crippen LogP contribution in [0.4, 0.5) is 0 Å². The van der Waals surface area contributed by atoms with Gasteiger partial charge in [0.2, 0.25) is 0 Å². The van der Waals surface area contributed by atoms with Crippen molar-refractivity contribution in [2.24, 2.45) is 11.3 Å². The van der Waals surface area contributed by atoms with E-state index >= 15 is 0 Å². The smallest absolute Gasteiger partial charge is 0.177 e. The monoisotopic (exact) mass is 364 g/mol. The third kappa shape index (κ3) is 2.16. The SMILES string of the molecule is CC1(C)CCCC1C(=O)c1scc(Br)c1Br. The number of carbonyl (C=O) groups excluding carboxylic acids is 1. The Morgan fingerprint density at radius 1 is 1.50 bits per heavy atom. The van der Waals surface area contributed by atoms with Crippen LogP contribution in [-0.2, 0) is 0 Å². The quantitative estimate of drug-likeness (QED) is 0.651. The molecule has 2 rings (SSSR count). The molecular weight excluding hydrogens is 352 g/mol. The molecule has 0 radical (unpaired) electrons. The maximum absolute atomic E-state index is 12.5. The van der Waals surface area contributed by atoms with Gasteiger partial charge in [-0.05, 0) is 50.1 Å². The molecule has 1 heterocycles. The Morgan fingerprint density at radius 3 is 2.62 bits per heavy atom. The fourth-order valence-corrected chi connectivity index (χ4v) is 4.62. The van der Waals surface area contributed by atoms with E-state index in [9.17, 15) is 4.79 Å². The third-order valence-corrected chi connectivity index (χ3v) is 7.03. The second-order valence-corrected chi connectivity index (χ2v) is 7.55. The highest BCUT2D eigenvalue weighted by molar-refractivity contribution is 9.13. The molecule has 0 amide bonds. The molecule has 0 saturated heterocycles. The van der Waals surface area contributed by atoms with Crippen LogP contribution in [-0.4, -0.2) is 5.78 Å². The van der Waals surface area contributed by atoms with Crippen LogP contribution in [0.5, 0.6) is 0 Å². The molecule has 16 heavy (non-hydrogen) atoms. The highest BCUT2D eigenvalue weighted by Gasteiger charge is 2.40. The van der Waals surface area contributed by atoms with Crippen LogP contribution in [0.25, 0.3) is 0 Å². The molecule has 1 saturated carbocycles. The lowest BCUT2D eigenvalue weighted by Gasteiger charge is -2.25. The molecule has 4 heteroatoms. The van der Waals surface area contributed by atoms with Gasteiger partial charge in [-0.25, -0.2) is 0 Å². The van der Waals surface area contributed by atoms with Crippen molar-refractivity contribution in [1.29, 1.82) is 0 Å². The van der Waals surface area contributed by atoms with Crippen molar-refractivity contribution < 1.29 is 4.79 Å². The van der Waals surface area contributed by atoms with Gasteiger partial charge in [0.05, 0.1) is 9.35 Å². The molecule has 0 N–H and O–H groups in total. The van der Waals surface area contributed by atoms with Crippen molar-refractivity contribution in [3.05, 3.63) is 19.2 Å². The number of hydrogen-bond acceptors (Lipinski definition) is 2. The third-order valence-electron chi connectivity index (χ3n) is 3.49. The Kier molecular flexibility index (Phi) is 3.63. The average molecular weight is 366 g/mol. The summed E-state index contributed by atoms with van der Waals surface area (Å²) in [5, 5.41) is 1.97. The minimum atomic E-state index is 0.160. The Hall–Kier alpha value is 0.330. The van der Waals surface area contributed by atoms with E-state index in [-0.39, 0.29) is 11.3 Å². The van der Waals surface area contributed by atoms with Crippen LogP contribution < -0.4 is 0 Å². The van der Waals surface area contributed by atoms with Gasteiger partial charge in [0.25, 0.3) is 0 Å². The predicted molar refractivity (Wildman–Crippen MR) is 75.2 cm³/mol. The standard InChI is InChI=1S/C12H14Br2OS/c1-12(2)5-3-4-7(12)10(15)11-9(14)8(13)6-16-11/h6-7H,3-5H2,1-2H3. The van der Waals surface area contributed by atoms with E-state index in [0.717, 1.165) is 26.7 Å². The maximum atomic E-state index is 12.5. The predicted octanol–water partition coefficient (Wildman–Crippen LogP) is 5.28. The highest BCUT2D eigenvalue weighted by Crippen LogP contribution is 2.46. The number of carbonyl (C=O) groups is 1. The summed E-state index contributed by atoms with van der Waals surface area (Å²) >= 11 is 8.44. The number of halogens is 2. The second kappa shape index (κ2) is 4.54. The Morgan fingerprint density at radius 2 is 2.19 bits per heavy atom. The van der Waals surface area contributed by atoms with Crippen LogP contribution in [0, 0.1) is 11.3 Å². The summed E-state index contributed by atoms with van der Waals surface area (Å²) < 4.78 is 1.90.